The summed E-state index contributed by atoms with van der Waals surface area (Å²) in [6.07, 6.45) is 3.52. The Morgan fingerprint density at radius 1 is 1.32 bits per heavy atom. The van der Waals surface area contributed by atoms with Crippen molar-refractivity contribution in [2.24, 2.45) is 0 Å². The molecule has 0 saturated carbocycles. The molecule has 1 aliphatic heterocycles. The quantitative estimate of drug-likeness (QED) is 0.433. The van der Waals surface area contributed by atoms with Gasteiger partial charge in [-0.2, -0.15) is 0 Å². The van der Waals surface area contributed by atoms with Crippen LogP contribution in [0.3, 0.4) is 0 Å². The van der Waals surface area contributed by atoms with Gasteiger partial charge in [-0.25, -0.2) is 15.0 Å². The Kier molecular flexibility index (Phi) is 5.56. The summed E-state index contributed by atoms with van der Waals surface area (Å²) in [5.74, 6) is 1.75. The number of thioether (sulfide) groups is 1. The largest absolute Gasteiger partial charge is 0.441 e. The molecule has 160 valence electrons. The molecule has 0 bridgehead atoms. The summed E-state index contributed by atoms with van der Waals surface area (Å²) in [4.78, 5) is 28.4. The van der Waals surface area contributed by atoms with E-state index in [-0.39, 0.29) is 11.7 Å². The molecule has 0 spiro atoms. The molecule has 4 aromatic rings. The molecule has 1 atom stereocenters. The normalized spacial score (nSPS) is 16.4. The molecular formula is C21H20ClN5O3S. The first-order valence-corrected chi connectivity index (χ1v) is 11.4. The summed E-state index contributed by atoms with van der Waals surface area (Å²) >= 11 is 7.78. The highest BCUT2D eigenvalue weighted by Gasteiger charge is 2.22. The first-order valence-electron chi connectivity index (χ1n) is 9.99. The topological polar surface area (TPSA) is 98.8 Å². The molecule has 0 amide bonds. The van der Waals surface area contributed by atoms with Crippen molar-refractivity contribution in [3.05, 3.63) is 57.4 Å². The molecule has 1 fully saturated rings. The molecule has 1 N–H and O–H groups in total. The van der Waals surface area contributed by atoms with E-state index in [4.69, 9.17) is 20.8 Å². The van der Waals surface area contributed by atoms with Gasteiger partial charge in [0.15, 0.2) is 16.3 Å². The summed E-state index contributed by atoms with van der Waals surface area (Å²) in [6.45, 7) is 3.25. The molecule has 31 heavy (non-hydrogen) atoms. The van der Waals surface area contributed by atoms with Crippen molar-refractivity contribution in [3.8, 4) is 11.5 Å². The molecule has 0 radical (unpaired) electrons. The summed E-state index contributed by atoms with van der Waals surface area (Å²) < 4.78 is 13.6. The van der Waals surface area contributed by atoms with Crippen molar-refractivity contribution in [3.63, 3.8) is 0 Å². The van der Waals surface area contributed by atoms with Crippen LogP contribution in [0.5, 0.6) is 0 Å². The lowest BCUT2D eigenvalue weighted by atomic mass is 10.2. The number of fused-ring (bicyclic) bond motifs is 1. The van der Waals surface area contributed by atoms with Gasteiger partial charge in [0.2, 0.25) is 5.89 Å². The predicted octanol–water partition coefficient (Wildman–Crippen LogP) is 4.21. The summed E-state index contributed by atoms with van der Waals surface area (Å²) in [7, 11) is 0. The Balaban J connectivity index is 1.44. The lowest BCUT2D eigenvalue weighted by Gasteiger charge is -2.13. The second-order valence-corrected chi connectivity index (χ2v) is 8.68. The fraction of sp³-hybridized carbons (Fsp3) is 0.333. The Morgan fingerprint density at radius 2 is 2.19 bits per heavy atom. The number of ether oxygens (including phenoxy) is 1. The third-order valence-corrected chi connectivity index (χ3v) is 6.57. The van der Waals surface area contributed by atoms with E-state index in [1.807, 2.05) is 35.8 Å². The maximum Gasteiger partial charge on any atom is 0.278 e. The number of oxazole rings is 1. The van der Waals surface area contributed by atoms with Gasteiger partial charge in [0.25, 0.3) is 5.56 Å². The molecule has 1 aromatic carbocycles. The van der Waals surface area contributed by atoms with Crippen molar-refractivity contribution in [2.75, 3.05) is 6.61 Å². The first-order chi connectivity index (χ1) is 15.1. The average Bonchev–Trinajstić information content (AvgIpc) is 3.48. The van der Waals surface area contributed by atoms with Gasteiger partial charge in [-0.15, -0.1) is 0 Å². The van der Waals surface area contributed by atoms with E-state index in [0.29, 0.717) is 39.5 Å². The van der Waals surface area contributed by atoms with E-state index in [2.05, 4.69) is 19.9 Å². The predicted molar refractivity (Wildman–Crippen MR) is 118 cm³/mol. The van der Waals surface area contributed by atoms with Crippen LogP contribution in [0.1, 0.15) is 24.3 Å². The van der Waals surface area contributed by atoms with Crippen LogP contribution in [0.25, 0.3) is 22.6 Å². The van der Waals surface area contributed by atoms with Gasteiger partial charge in [0.05, 0.1) is 35.3 Å². The van der Waals surface area contributed by atoms with Crippen LogP contribution in [0.4, 0.5) is 0 Å². The number of aromatic amines is 1. The third kappa shape index (κ3) is 4.00. The molecule has 3 aromatic heterocycles. The van der Waals surface area contributed by atoms with Gasteiger partial charge < -0.3 is 18.7 Å². The van der Waals surface area contributed by atoms with Gasteiger partial charge in [0.1, 0.15) is 5.76 Å². The molecule has 4 heterocycles. The number of nitrogens with zero attached hydrogens (tertiary/aromatic N) is 4. The highest BCUT2D eigenvalue weighted by atomic mass is 35.5. The number of nitrogens with one attached hydrogen (secondary N) is 1. The standard InChI is InChI=1S/C21H20ClN5O3S/c1-12-16(25-20(30-12)14-6-2-3-7-15(14)22)10-31-21-26-17-18(23-11-24-19(17)28)27(21)9-13-5-4-8-29-13/h2-3,6-7,11,13H,4-5,8-10H2,1H3,(H,23,24,28)/t13-/m0/s1. The van der Waals surface area contributed by atoms with E-state index < -0.39 is 0 Å². The third-order valence-electron chi connectivity index (χ3n) is 5.25. The SMILES string of the molecule is Cc1oc(-c2ccccc2Cl)nc1CSc1nc2c(=O)[nH]cnc2n1C[C@@H]1CCCO1. The second kappa shape index (κ2) is 8.49. The van der Waals surface area contributed by atoms with E-state index in [1.54, 1.807) is 0 Å². The number of hydrogen-bond acceptors (Lipinski definition) is 7. The number of rotatable bonds is 6. The van der Waals surface area contributed by atoms with Crippen molar-refractivity contribution < 1.29 is 9.15 Å². The fourth-order valence-corrected chi connectivity index (χ4v) is 4.86. The second-order valence-electron chi connectivity index (χ2n) is 7.33. The zero-order valence-corrected chi connectivity index (χ0v) is 18.4. The Bertz CT molecular complexity index is 1290. The van der Waals surface area contributed by atoms with Gasteiger partial charge in [-0.05, 0) is 31.9 Å². The van der Waals surface area contributed by atoms with Gasteiger partial charge in [0, 0.05) is 12.4 Å². The average molecular weight is 458 g/mol. The molecule has 5 rings (SSSR count). The minimum absolute atomic E-state index is 0.0958. The van der Waals surface area contributed by atoms with Crippen LogP contribution < -0.4 is 5.56 Å². The first kappa shape index (κ1) is 20.3. The van der Waals surface area contributed by atoms with Crippen LogP contribution in [-0.2, 0) is 17.0 Å². The lowest BCUT2D eigenvalue weighted by Crippen LogP contribution is -2.16. The van der Waals surface area contributed by atoms with Crippen LogP contribution >= 0.6 is 23.4 Å². The number of benzene rings is 1. The van der Waals surface area contributed by atoms with Crippen molar-refractivity contribution in [1.82, 2.24) is 24.5 Å². The highest BCUT2D eigenvalue weighted by Crippen LogP contribution is 2.32. The van der Waals surface area contributed by atoms with Crippen molar-refractivity contribution in [1.29, 1.82) is 0 Å². The Morgan fingerprint density at radius 3 is 3.00 bits per heavy atom. The van der Waals surface area contributed by atoms with E-state index in [0.717, 1.165) is 36.5 Å². The zero-order chi connectivity index (χ0) is 21.4. The van der Waals surface area contributed by atoms with Crippen molar-refractivity contribution in [2.45, 2.75) is 43.3 Å². The smallest absolute Gasteiger partial charge is 0.278 e. The van der Waals surface area contributed by atoms with Crippen LogP contribution in [-0.4, -0.2) is 37.2 Å². The van der Waals surface area contributed by atoms with Crippen LogP contribution in [0, 0.1) is 6.92 Å². The fourth-order valence-electron chi connectivity index (χ4n) is 3.64. The van der Waals surface area contributed by atoms with Crippen LogP contribution in [0.2, 0.25) is 5.02 Å². The van der Waals surface area contributed by atoms with Crippen molar-refractivity contribution >= 4 is 34.5 Å². The van der Waals surface area contributed by atoms with E-state index in [1.165, 1.54) is 18.1 Å². The summed E-state index contributed by atoms with van der Waals surface area (Å²) in [5.41, 5.74) is 2.20. The number of aromatic nitrogens is 5. The Hall–Kier alpha value is -2.62. The Labute approximate surface area is 187 Å². The number of H-pyrrole nitrogens is 1. The lowest BCUT2D eigenvalue weighted by molar-refractivity contribution is 0.0958. The summed E-state index contributed by atoms with van der Waals surface area (Å²) in [6, 6.07) is 7.45. The molecule has 1 aliphatic rings. The monoisotopic (exact) mass is 457 g/mol. The van der Waals surface area contributed by atoms with E-state index in [9.17, 15) is 4.79 Å². The van der Waals surface area contributed by atoms with Gasteiger partial charge >= 0.3 is 0 Å². The number of aryl methyl sites for hydroxylation is 1. The molecule has 8 nitrogen and oxygen atoms in total. The number of imidazole rings is 1. The zero-order valence-electron chi connectivity index (χ0n) is 16.8. The van der Waals surface area contributed by atoms with Gasteiger partial charge in [-0.1, -0.05) is 35.5 Å². The summed E-state index contributed by atoms with van der Waals surface area (Å²) in [5, 5.41) is 1.29. The molecule has 1 saturated heterocycles. The van der Waals surface area contributed by atoms with Crippen LogP contribution in [0.15, 0.2) is 45.0 Å². The maximum atomic E-state index is 12.3. The number of hydrogen-bond donors (Lipinski definition) is 1. The van der Waals surface area contributed by atoms with E-state index >= 15 is 0 Å². The molecular weight excluding hydrogens is 438 g/mol. The number of halogens is 1. The van der Waals surface area contributed by atoms with Gasteiger partial charge in [-0.3, -0.25) is 4.79 Å². The molecule has 10 heteroatoms. The highest BCUT2D eigenvalue weighted by molar-refractivity contribution is 7.98. The molecule has 0 unspecified atom stereocenters. The maximum absolute atomic E-state index is 12.3. The molecule has 0 aliphatic carbocycles. The minimum Gasteiger partial charge on any atom is -0.441 e. The minimum atomic E-state index is -0.253.